The van der Waals surface area contributed by atoms with Crippen molar-refractivity contribution >= 4 is 16.7 Å². The van der Waals surface area contributed by atoms with Crippen molar-refractivity contribution in [1.82, 2.24) is 24.6 Å². The van der Waals surface area contributed by atoms with Gasteiger partial charge in [-0.3, -0.25) is 14.4 Å². The number of likely N-dealkylation sites (tertiary alicyclic amines) is 1. The molecule has 3 aromatic rings. The number of nitrogens with zero attached hydrogens (tertiary/aromatic N) is 5. The van der Waals surface area contributed by atoms with E-state index in [0.717, 1.165) is 24.5 Å². The summed E-state index contributed by atoms with van der Waals surface area (Å²) in [5, 5.41) is 15.5. The molecule has 0 unspecified atom stereocenters. The van der Waals surface area contributed by atoms with E-state index in [4.69, 9.17) is 4.74 Å². The zero-order chi connectivity index (χ0) is 23.0. The van der Waals surface area contributed by atoms with Crippen LogP contribution in [0.15, 0.2) is 29.3 Å². The fraction of sp³-hybridized carbons (Fsp3) is 0.522. The first-order chi connectivity index (χ1) is 15.9. The molecule has 33 heavy (non-hydrogen) atoms. The van der Waals surface area contributed by atoms with Crippen molar-refractivity contribution in [2.45, 2.75) is 31.4 Å². The monoisotopic (exact) mass is 456 g/mol. The van der Waals surface area contributed by atoms with Crippen molar-refractivity contribution in [3.8, 4) is 0 Å². The van der Waals surface area contributed by atoms with E-state index in [1.165, 1.54) is 6.33 Å². The molecule has 4 heterocycles. The number of aryl methyl sites for hydroxylation is 1. The number of ether oxygens (including phenoxy) is 1. The predicted octanol–water partition coefficient (Wildman–Crippen LogP) is 1.20. The molecule has 0 bridgehead atoms. The molecular weight excluding hydrogens is 427 g/mol. The van der Waals surface area contributed by atoms with Crippen molar-refractivity contribution < 1.29 is 14.2 Å². The van der Waals surface area contributed by atoms with Gasteiger partial charge < -0.3 is 19.7 Å². The van der Waals surface area contributed by atoms with Crippen LogP contribution in [0.4, 0.5) is 10.1 Å². The van der Waals surface area contributed by atoms with Crippen LogP contribution in [0.1, 0.15) is 24.1 Å². The number of rotatable bonds is 5. The summed E-state index contributed by atoms with van der Waals surface area (Å²) in [7, 11) is 1.76. The highest BCUT2D eigenvalue weighted by atomic mass is 19.1. The van der Waals surface area contributed by atoms with E-state index in [2.05, 4.69) is 24.9 Å². The standard InChI is InChI=1S/C23H29FN6O3/c1-28-19(20-21(27-28)22(31)26-15-25-20)13-23(32)4-6-29(7-5-23)14-16-2-3-17(12-18(16)24)30-8-10-33-11-9-30/h2-3,12,15,32H,4-11,13-14H2,1H3,(H,25,26,31). The number of piperidine rings is 1. The Bertz CT molecular complexity index is 1190. The Labute approximate surface area is 190 Å². The normalized spacial score (nSPS) is 19.3. The van der Waals surface area contributed by atoms with Gasteiger partial charge in [-0.05, 0) is 25.0 Å². The number of benzene rings is 1. The van der Waals surface area contributed by atoms with Gasteiger partial charge in [0.1, 0.15) is 11.3 Å². The third-order valence-electron chi connectivity index (χ3n) is 6.83. The van der Waals surface area contributed by atoms with E-state index < -0.39 is 5.60 Å². The molecule has 0 aliphatic carbocycles. The molecule has 0 amide bonds. The molecule has 2 aliphatic heterocycles. The maximum Gasteiger partial charge on any atom is 0.279 e. The Kier molecular flexibility index (Phi) is 5.90. The minimum absolute atomic E-state index is 0.197. The summed E-state index contributed by atoms with van der Waals surface area (Å²) in [6.07, 6.45) is 2.83. The molecule has 0 radical (unpaired) electrons. The highest BCUT2D eigenvalue weighted by Gasteiger charge is 2.34. The first-order valence-corrected chi connectivity index (χ1v) is 11.4. The van der Waals surface area contributed by atoms with Crippen molar-refractivity contribution in [2.24, 2.45) is 7.05 Å². The topological polar surface area (TPSA) is 99.5 Å². The summed E-state index contributed by atoms with van der Waals surface area (Å²) < 4.78 is 21.8. The predicted molar refractivity (Wildman–Crippen MR) is 122 cm³/mol. The smallest absolute Gasteiger partial charge is 0.279 e. The van der Waals surface area contributed by atoms with Crippen LogP contribution in [0.2, 0.25) is 0 Å². The third-order valence-corrected chi connectivity index (χ3v) is 6.83. The van der Waals surface area contributed by atoms with Gasteiger partial charge in [0, 0.05) is 57.4 Å². The number of morpholine rings is 1. The number of aliphatic hydroxyl groups is 1. The van der Waals surface area contributed by atoms with E-state index >= 15 is 0 Å². The molecule has 5 rings (SSSR count). The molecule has 1 aromatic carbocycles. The minimum Gasteiger partial charge on any atom is -0.389 e. The highest BCUT2D eigenvalue weighted by molar-refractivity contribution is 5.75. The van der Waals surface area contributed by atoms with E-state index in [1.807, 2.05) is 12.1 Å². The van der Waals surface area contributed by atoms with Gasteiger partial charge in [-0.15, -0.1) is 0 Å². The maximum absolute atomic E-state index is 14.8. The molecule has 2 aromatic heterocycles. The lowest BCUT2D eigenvalue weighted by atomic mass is 9.86. The summed E-state index contributed by atoms with van der Waals surface area (Å²) in [5.41, 5.74) is 1.91. The van der Waals surface area contributed by atoms with Gasteiger partial charge in [-0.1, -0.05) is 6.07 Å². The SMILES string of the molecule is Cn1nc2c(=O)[nH]cnc2c1CC1(O)CCN(Cc2ccc(N3CCOCC3)cc2F)CC1. The molecule has 0 spiro atoms. The van der Waals surface area contributed by atoms with Crippen LogP contribution in [0, 0.1) is 5.82 Å². The summed E-state index contributed by atoms with van der Waals surface area (Å²) in [5.74, 6) is -0.197. The summed E-state index contributed by atoms with van der Waals surface area (Å²) >= 11 is 0. The summed E-state index contributed by atoms with van der Waals surface area (Å²) in [6.45, 7) is 4.72. The van der Waals surface area contributed by atoms with Gasteiger partial charge in [0.25, 0.3) is 5.56 Å². The van der Waals surface area contributed by atoms with Crippen LogP contribution >= 0.6 is 0 Å². The van der Waals surface area contributed by atoms with Gasteiger partial charge in [-0.25, -0.2) is 9.37 Å². The van der Waals surface area contributed by atoms with E-state index in [-0.39, 0.29) is 16.9 Å². The molecule has 176 valence electrons. The number of aromatic nitrogens is 4. The van der Waals surface area contributed by atoms with Crippen LogP contribution < -0.4 is 10.5 Å². The van der Waals surface area contributed by atoms with Crippen LogP contribution in [0.25, 0.3) is 11.0 Å². The van der Waals surface area contributed by atoms with Gasteiger partial charge in [0.2, 0.25) is 0 Å². The Balaban J connectivity index is 1.23. The molecule has 0 saturated carbocycles. The number of aromatic amines is 1. The number of fused-ring (bicyclic) bond motifs is 1. The third kappa shape index (κ3) is 4.50. The lowest BCUT2D eigenvalue weighted by Crippen LogP contribution is -2.45. The van der Waals surface area contributed by atoms with Gasteiger partial charge in [0.05, 0.1) is 30.8 Å². The minimum atomic E-state index is -0.916. The van der Waals surface area contributed by atoms with Crippen molar-refractivity contribution in [1.29, 1.82) is 0 Å². The number of nitrogens with one attached hydrogen (secondary N) is 1. The fourth-order valence-electron chi connectivity index (χ4n) is 4.80. The lowest BCUT2D eigenvalue weighted by molar-refractivity contribution is -0.0236. The van der Waals surface area contributed by atoms with Crippen molar-refractivity contribution in [3.63, 3.8) is 0 Å². The number of halogens is 1. The molecule has 2 aliphatic rings. The van der Waals surface area contributed by atoms with Gasteiger partial charge in [0.15, 0.2) is 5.52 Å². The van der Waals surface area contributed by atoms with Gasteiger partial charge >= 0.3 is 0 Å². The Morgan fingerprint density at radius 1 is 1.18 bits per heavy atom. The largest absolute Gasteiger partial charge is 0.389 e. The van der Waals surface area contributed by atoms with E-state index in [9.17, 15) is 14.3 Å². The quantitative estimate of drug-likeness (QED) is 0.595. The highest BCUT2D eigenvalue weighted by Crippen LogP contribution is 2.29. The molecule has 2 fully saturated rings. The van der Waals surface area contributed by atoms with Crippen molar-refractivity contribution in [2.75, 3.05) is 44.3 Å². The summed E-state index contributed by atoms with van der Waals surface area (Å²) in [4.78, 5) is 23.1. The van der Waals surface area contributed by atoms with Crippen LogP contribution in [-0.4, -0.2) is 74.7 Å². The van der Waals surface area contributed by atoms with E-state index in [0.29, 0.717) is 63.2 Å². The Morgan fingerprint density at radius 2 is 1.94 bits per heavy atom. The Morgan fingerprint density at radius 3 is 2.67 bits per heavy atom. The molecular formula is C23H29FN6O3. The zero-order valence-corrected chi connectivity index (χ0v) is 18.8. The zero-order valence-electron chi connectivity index (χ0n) is 18.8. The lowest BCUT2D eigenvalue weighted by Gasteiger charge is -2.38. The average molecular weight is 457 g/mol. The number of hydrogen-bond acceptors (Lipinski definition) is 7. The number of hydrogen-bond donors (Lipinski definition) is 2. The van der Waals surface area contributed by atoms with Crippen LogP contribution in [0.5, 0.6) is 0 Å². The summed E-state index contributed by atoms with van der Waals surface area (Å²) in [6, 6.07) is 5.46. The first-order valence-electron chi connectivity index (χ1n) is 11.4. The molecule has 2 N–H and O–H groups in total. The van der Waals surface area contributed by atoms with Gasteiger partial charge in [-0.2, -0.15) is 5.10 Å². The number of H-pyrrole nitrogens is 1. The molecule has 0 atom stereocenters. The average Bonchev–Trinajstić information content (AvgIpc) is 3.13. The second kappa shape index (κ2) is 8.85. The maximum atomic E-state index is 14.8. The molecule has 9 nitrogen and oxygen atoms in total. The first kappa shape index (κ1) is 22.0. The van der Waals surface area contributed by atoms with Crippen LogP contribution in [-0.2, 0) is 24.8 Å². The molecule has 2 saturated heterocycles. The van der Waals surface area contributed by atoms with Crippen molar-refractivity contribution in [3.05, 3.63) is 52.0 Å². The van der Waals surface area contributed by atoms with Crippen LogP contribution in [0.3, 0.4) is 0 Å². The molecule has 10 heteroatoms. The fourth-order valence-corrected chi connectivity index (χ4v) is 4.80. The second-order valence-electron chi connectivity index (χ2n) is 9.05. The van der Waals surface area contributed by atoms with E-state index in [1.54, 1.807) is 17.8 Å². The second-order valence-corrected chi connectivity index (χ2v) is 9.05. The Hall–Kier alpha value is -2.82. The number of anilines is 1.